The fourth-order valence-electron chi connectivity index (χ4n) is 1.66. The van der Waals surface area contributed by atoms with Gasteiger partial charge < -0.3 is 14.8 Å². The molecule has 0 fully saturated rings. The van der Waals surface area contributed by atoms with Crippen LogP contribution in [-0.2, 0) is 14.8 Å². The summed E-state index contributed by atoms with van der Waals surface area (Å²) < 4.78 is 29.7. The van der Waals surface area contributed by atoms with Crippen molar-refractivity contribution in [2.45, 2.75) is 37.3 Å². The first-order valence-electron chi connectivity index (χ1n) is 6.76. The van der Waals surface area contributed by atoms with Crippen molar-refractivity contribution >= 4 is 21.9 Å². The van der Waals surface area contributed by atoms with Crippen LogP contribution in [0.15, 0.2) is 21.6 Å². The van der Waals surface area contributed by atoms with E-state index in [9.17, 15) is 18.0 Å². The lowest BCUT2D eigenvalue weighted by Crippen LogP contribution is -2.40. The van der Waals surface area contributed by atoms with E-state index in [1.165, 1.54) is 20.2 Å². The zero-order valence-corrected chi connectivity index (χ0v) is 13.5. The summed E-state index contributed by atoms with van der Waals surface area (Å²) in [6.45, 7) is 1.91. The Morgan fingerprint density at radius 1 is 1.36 bits per heavy atom. The molecule has 22 heavy (non-hydrogen) atoms. The molecule has 9 heteroatoms. The van der Waals surface area contributed by atoms with Crippen molar-refractivity contribution in [3.05, 3.63) is 17.9 Å². The Morgan fingerprint density at radius 3 is 2.50 bits per heavy atom. The molecule has 0 aliphatic heterocycles. The maximum Gasteiger partial charge on any atom is 0.326 e. The van der Waals surface area contributed by atoms with E-state index in [1.54, 1.807) is 0 Å². The predicted octanol–water partition coefficient (Wildman–Crippen LogP) is 0.903. The van der Waals surface area contributed by atoms with Gasteiger partial charge in [-0.25, -0.2) is 17.5 Å². The average Bonchev–Trinajstić information content (AvgIpc) is 2.93. The van der Waals surface area contributed by atoms with Gasteiger partial charge in [-0.1, -0.05) is 19.8 Å². The van der Waals surface area contributed by atoms with Crippen LogP contribution in [0.2, 0.25) is 0 Å². The molecule has 0 saturated heterocycles. The highest BCUT2D eigenvalue weighted by Gasteiger charge is 2.25. The van der Waals surface area contributed by atoms with E-state index in [2.05, 4.69) is 5.32 Å². The summed E-state index contributed by atoms with van der Waals surface area (Å²) in [6.07, 6.45) is 1.74. The Bertz CT molecular complexity index is 635. The minimum Gasteiger partial charge on any atom is -0.480 e. The summed E-state index contributed by atoms with van der Waals surface area (Å²) in [4.78, 5) is 23.0. The van der Waals surface area contributed by atoms with E-state index in [0.717, 1.165) is 16.8 Å². The smallest absolute Gasteiger partial charge is 0.326 e. The number of hydrogen-bond donors (Lipinski definition) is 2. The van der Waals surface area contributed by atoms with E-state index in [1.807, 2.05) is 6.92 Å². The molecule has 8 nitrogen and oxygen atoms in total. The second-order valence-electron chi connectivity index (χ2n) is 4.91. The monoisotopic (exact) mass is 332 g/mol. The quantitative estimate of drug-likeness (QED) is 0.730. The summed E-state index contributed by atoms with van der Waals surface area (Å²) >= 11 is 0. The molecule has 1 heterocycles. The molecule has 0 bridgehead atoms. The highest BCUT2D eigenvalue weighted by molar-refractivity contribution is 7.88. The number of carboxylic acids is 1. The van der Waals surface area contributed by atoms with Gasteiger partial charge in [0.15, 0.2) is 5.76 Å². The van der Waals surface area contributed by atoms with Crippen LogP contribution in [0.25, 0.3) is 0 Å². The SMILES string of the molecule is CCCCC(NC(=O)c1ccc(S(=O)(=O)N(C)C)o1)C(=O)O. The third-order valence-electron chi connectivity index (χ3n) is 2.99. The molecule has 2 N–H and O–H groups in total. The maximum absolute atomic E-state index is 12.0. The Morgan fingerprint density at radius 2 is 2.00 bits per heavy atom. The molecule has 1 aromatic rings. The van der Waals surface area contributed by atoms with Gasteiger partial charge in [-0.2, -0.15) is 0 Å². The molecule has 0 radical (unpaired) electrons. The van der Waals surface area contributed by atoms with Gasteiger partial charge in [0.05, 0.1) is 0 Å². The Kier molecular flexibility index (Phi) is 6.12. The van der Waals surface area contributed by atoms with Crippen molar-refractivity contribution < 1.29 is 27.5 Å². The Labute approximate surface area is 129 Å². The summed E-state index contributed by atoms with van der Waals surface area (Å²) in [6, 6.07) is 1.32. The van der Waals surface area contributed by atoms with Crippen LogP contribution in [0.1, 0.15) is 36.7 Å². The second-order valence-corrected chi connectivity index (χ2v) is 7.00. The van der Waals surface area contributed by atoms with Crippen molar-refractivity contribution in [3.63, 3.8) is 0 Å². The molecule has 1 amide bonds. The van der Waals surface area contributed by atoms with Gasteiger partial charge in [0.25, 0.3) is 15.9 Å². The van der Waals surface area contributed by atoms with Gasteiger partial charge in [-0.3, -0.25) is 4.79 Å². The van der Waals surface area contributed by atoms with Crippen LogP contribution in [0.4, 0.5) is 0 Å². The van der Waals surface area contributed by atoms with E-state index in [-0.39, 0.29) is 10.9 Å². The Balaban J connectivity index is 2.86. The van der Waals surface area contributed by atoms with Crippen molar-refractivity contribution in [2.24, 2.45) is 0 Å². The third-order valence-corrected chi connectivity index (χ3v) is 4.68. The number of rotatable bonds is 8. The number of aliphatic carboxylic acids is 1. The molecule has 0 aliphatic rings. The number of amides is 1. The molecule has 1 unspecified atom stereocenters. The van der Waals surface area contributed by atoms with Crippen molar-refractivity contribution in [3.8, 4) is 0 Å². The number of unbranched alkanes of at least 4 members (excludes halogenated alkanes) is 1. The van der Waals surface area contributed by atoms with Gasteiger partial charge >= 0.3 is 5.97 Å². The fraction of sp³-hybridized carbons (Fsp3) is 0.538. The molecule has 0 aliphatic carbocycles. The van der Waals surface area contributed by atoms with Crippen LogP contribution in [0.5, 0.6) is 0 Å². The van der Waals surface area contributed by atoms with Crippen LogP contribution in [0, 0.1) is 0 Å². The number of nitrogens with one attached hydrogen (secondary N) is 1. The summed E-state index contributed by atoms with van der Waals surface area (Å²) in [5.74, 6) is -2.15. The molecule has 0 aromatic carbocycles. The number of carbonyl (C=O) groups is 2. The lowest BCUT2D eigenvalue weighted by molar-refractivity contribution is -0.139. The lowest BCUT2D eigenvalue weighted by atomic mass is 10.1. The molecule has 124 valence electrons. The number of sulfonamides is 1. The molecular weight excluding hydrogens is 312 g/mol. The topological polar surface area (TPSA) is 117 Å². The van der Waals surface area contributed by atoms with E-state index >= 15 is 0 Å². The lowest BCUT2D eigenvalue weighted by Gasteiger charge is -2.13. The molecule has 1 atom stereocenters. The standard InChI is InChI=1S/C13H20N2O6S/c1-4-5-6-9(13(17)18)14-12(16)10-7-8-11(21-10)22(19,20)15(2)3/h7-9H,4-6H2,1-3H3,(H,14,16)(H,17,18). The van der Waals surface area contributed by atoms with Crippen molar-refractivity contribution in [1.29, 1.82) is 0 Å². The maximum atomic E-state index is 12.0. The van der Waals surface area contributed by atoms with Crippen molar-refractivity contribution in [2.75, 3.05) is 14.1 Å². The molecule has 1 aromatic heterocycles. The second kappa shape index (κ2) is 7.41. The van der Waals surface area contributed by atoms with Crippen LogP contribution < -0.4 is 5.32 Å². The van der Waals surface area contributed by atoms with Gasteiger partial charge in [-0.05, 0) is 18.6 Å². The molecule has 0 saturated carbocycles. The molecular formula is C13H20N2O6S. The number of hydrogen-bond acceptors (Lipinski definition) is 5. The van der Waals surface area contributed by atoms with Gasteiger partial charge in [-0.15, -0.1) is 0 Å². The largest absolute Gasteiger partial charge is 0.480 e. The first-order valence-corrected chi connectivity index (χ1v) is 8.20. The minimum absolute atomic E-state index is 0.247. The zero-order chi connectivity index (χ0) is 16.9. The van der Waals surface area contributed by atoms with Gasteiger partial charge in [0.1, 0.15) is 6.04 Å². The summed E-state index contributed by atoms with van der Waals surface area (Å²) in [5, 5.41) is 11.0. The van der Waals surface area contributed by atoms with Crippen LogP contribution >= 0.6 is 0 Å². The highest BCUT2D eigenvalue weighted by atomic mass is 32.2. The number of nitrogens with zero attached hydrogens (tertiary/aromatic N) is 1. The first kappa shape index (κ1) is 18.2. The van der Waals surface area contributed by atoms with Crippen LogP contribution in [0.3, 0.4) is 0 Å². The van der Waals surface area contributed by atoms with E-state index < -0.39 is 27.9 Å². The van der Waals surface area contributed by atoms with Gasteiger partial charge in [0.2, 0.25) is 5.09 Å². The van der Waals surface area contributed by atoms with Crippen molar-refractivity contribution in [1.82, 2.24) is 9.62 Å². The van der Waals surface area contributed by atoms with E-state index in [4.69, 9.17) is 9.52 Å². The third kappa shape index (κ3) is 4.31. The van der Waals surface area contributed by atoms with Crippen LogP contribution in [-0.4, -0.2) is 49.8 Å². The Hall–Kier alpha value is -1.87. The van der Waals surface area contributed by atoms with Gasteiger partial charge in [0, 0.05) is 14.1 Å². The molecule has 0 spiro atoms. The zero-order valence-electron chi connectivity index (χ0n) is 12.7. The normalized spacial score (nSPS) is 13.1. The summed E-state index contributed by atoms with van der Waals surface area (Å²) in [5.41, 5.74) is 0. The number of carbonyl (C=O) groups excluding carboxylic acids is 1. The summed E-state index contributed by atoms with van der Waals surface area (Å²) in [7, 11) is -1.11. The minimum atomic E-state index is -3.78. The number of furan rings is 1. The predicted molar refractivity (Wildman–Crippen MR) is 78.0 cm³/mol. The fourth-order valence-corrected chi connectivity index (χ4v) is 2.45. The van der Waals surface area contributed by atoms with E-state index in [0.29, 0.717) is 12.8 Å². The average molecular weight is 332 g/mol. The first-order chi connectivity index (χ1) is 10.2. The number of carboxylic acid groups (broad SMARTS) is 1. The molecule has 1 rings (SSSR count). The highest BCUT2D eigenvalue weighted by Crippen LogP contribution is 2.17.